The lowest BCUT2D eigenvalue weighted by molar-refractivity contribution is 0.110. The van der Waals surface area contributed by atoms with Crippen molar-refractivity contribution in [3.05, 3.63) is 83.9 Å². The van der Waals surface area contributed by atoms with Crippen LogP contribution < -0.4 is 0 Å². The maximum absolute atomic E-state index is 11.5. The summed E-state index contributed by atoms with van der Waals surface area (Å²) in [5, 5.41) is 11.5. The highest BCUT2D eigenvalue weighted by molar-refractivity contribution is 5.44. The highest BCUT2D eigenvalue weighted by atomic mass is 16.3. The summed E-state index contributed by atoms with van der Waals surface area (Å²) < 4.78 is 0. The van der Waals surface area contributed by atoms with Crippen LogP contribution in [0.3, 0.4) is 0 Å². The molecular formula is C20H23NO. The minimum absolute atomic E-state index is 0.806. The van der Waals surface area contributed by atoms with Crippen molar-refractivity contribution < 1.29 is 5.11 Å². The molecule has 1 fully saturated rings. The van der Waals surface area contributed by atoms with Gasteiger partial charge in [0.05, 0.1) is 0 Å². The van der Waals surface area contributed by atoms with Crippen LogP contribution in [0.15, 0.2) is 72.8 Å². The molecule has 0 aromatic heterocycles. The van der Waals surface area contributed by atoms with Crippen LogP contribution in [0.25, 0.3) is 0 Å². The molecule has 0 spiro atoms. The summed E-state index contributed by atoms with van der Waals surface area (Å²) in [6.07, 6.45) is 2.09. The third-order valence-electron chi connectivity index (χ3n) is 4.57. The fraction of sp³-hybridized carbons (Fsp3) is 0.300. The second-order valence-electron chi connectivity index (χ2n) is 5.99. The zero-order valence-corrected chi connectivity index (χ0v) is 12.9. The van der Waals surface area contributed by atoms with Crippen LogP contribution in [0, 0.1) is 0 Å². The van der Waals surface area contributed by atoms with Crippen molar-refractivity contribution in [2.75, 3.05) is 19.6 Å². The fourth-order valence-electron chi connectivity index (χ4n) is 3.01. The average Bonchev–Trinajstić information content (AvgIpc) is 2.54. The van der Waals surface area contributed by atoms with E-state index in [1.54, 1.807) is 0 Å². The Morgan fingerprint density at radius 1 is 0.955 bits per heavy atom. The van der Waals surface area contributed by atoms with E-state index < -0.39 is 5.60 Å². The van der Waals surface area contributed by atoms with Crippen LogP contribution in [0.1, 0.15) is 24.0 Å². The molecule has 22 heavy (non-hydrogen) atoms. The smallest absolute Gasteiger partial charge is 0.136 e. The molecule has 0 amide bonds. The number of hydrogen-bond acceptors (Lipinski definition) is 2. The third kappa shape index (κ3) is 2.85. The van der Waals surface area contributed by atoms with Crippen molar-refractivity contribution >= 4 is 0 Å². The van der Waals surface area contributed by atoms with Gasteiger partial charge in [0.2, 0.25) is 0 Å². The topological polar surface area (TPSA) is 23.5 Å². The second kappa shape index (κ2) is 6.47. The van der Waals surface area contributed by atoms with E-state index in [0.717, 1.165) is 29.7 Å². The van der Waals surface area contributed by atoms with Gasteiger partial charge in [0, 0.05) is 6.54 Å². The van der Waals surface area contributed by atoms with Gasteiger partial charge in [0.15, 0.2) is 0 Å². The molecule has 0 saturated carbocycles. The molecule has 2 aromatic rings. The number of hydrogen-bond donors (Lipinski definition) is 1. The van der Waals surface area contributed by atoms with E-state index in [1.807, 2.05) is 60.7 Å². The highest BCUT2D eigenvalue weighted by Crippen LogP contribution is 2.37. The Morgan fingerprint density at radius 2 is 1.45 bits per heavy atom. The van der Waals surface area contributed by atoms with Crippen LogP contribution in [-0.4, -0.2) is 29.6 Å². The van der Waals surface area contributed by atoms with Crippen LogP contribution in [-0.2, 0) is 5.60 Å². The molecule has 0 atom stereocenters. The quantitative estimate of drug-likeness (QED) is 0.823. The van der Waals surface area contributed by atoms with Gasteiger partial charge in [-0.1, -0.05) is 67.2 Å². The summed E-state index contributed by atoms with van der Waals surface area (Å²) in [7, 11) is 0. The Kier molecular flexibility index (Phi) is 4.41. The summed E-state index contributed by atoms with van der Waals surface area (Å²) in [6.45, 7) is 7.54. The first-order chi connectivity index (χ1) is 10.7. The van der Waals surface area contributed by atoms with Gasteiger partial charge in [-0.3, -0.25) is 0 Å². The minimum Gasteiger partial charge on any atom is -0.376 e. The Morgan fingerprint density at radius 3 is 1.86 bits per heavy atom. The van der Waals surface area contributed by atoms with Gasteiger partial charge in [-0.2, -0.15) is 0 Å². The molecule has 1 saturated heterocycles. The zero-order valence-electron chi connectivity index (χ0n) is 12.9. The van der Waals surface area contributed by atoms with Crippen molar-refractivity contribution in [1.29, 1.82) is 0 Å². The Bertz CT molecular complexity index is 577. The van der Waals surface area contributed by atoms with Crippen LogP contribution in [0.5, 0.6) is 0 Å². The van der Waals surface area contributed by atoms with Gasteiger partial charge >= 0.3 is 0 Å². The lowest BCUT2D eigenvalue weighted by atomic mass is 9.79. The van der Waals surface area contributed by atoms with Gasteiger partial charge in [0.25, 0.3) is 0 Å². The van der Waals surface area contributed by atoms with Gasteiger partial charge in [-0.15, -0.1) is 0 Å². The van der Waals surface area contributed by atoms with Crippen molar-refractivity contribution in [2.45, 2.75) is 18.4 Å². The first-order valence-electron chi connectivity index (χ1n) is 7.95. The summed E-state index contributed by atoms with van der Waals surface area (Å²) in [5.41, 5.74) is 1.51. The minimum atomic E-state index is -1.12. The Hall–Kier alpha value is -1.90. The van der Waals surface area contributed by atoms with Crippen molar-refractivity contribution in [3.8, 4) is 0 Å². The standard InChI is InChI=1S/C20H23NO/c1-17(13-16-21-14-8-15-21)20(22,18-9-4-2-5-10-18)19-11-6-3-7-12-19/h2-7,9-12,22H,1,8,13-16H2. The lowest BCUT2D eigenvalue weighted by Gasteiger charge is -2.35. The summed E-state index contributed by atoms with van der Waals surface area (Å²) in [5.74, 6) is 0. The van der Waals surface area contributed by atoms with Crippen molar-refractivity contribution in [2.24, 2.45) is 0 Å². The largest absolute Gasteiger partial charge is 0.376 e. The number of nitrogens with zero attached hydrogens (tertiary/aromatic N) is 1. The molecule has 1 N–H and O–H groups in total. The molecule has 0 unspecified atom stereocenters. The molecule has 114 valence electrons. The predicted molar refractivity (Wildman–Crippen MR) is 90.7 cm³/mol. The maximum Gasteiger partial charge on any atom is 0.136 e. The van der Waals surface area contributed by atoms with E-state index >= 15 is 0 Å². The lowest BCUT2D eigenvalue weighted by Crippen LogP contribution is -2.39. The normalized spacial score (nSPS) is 15.3. The van der Waals surface area contributed by atoms with Gasteiger partial charge in [-0.25, -0.2) is 0 Å². The van der Waals surface area contributed by atoms with Gasteiger partial charge < -0.3 is 10.0 Å². The first-order valence-corrected chi connectivity index (χ1v) is 7.95. The van der Waals surface area contributed by atoms with Gasteiger partial charge in [-0.05, 0) is 42.6 Å². The summed E-state index contributed by atoms with van der Waals surface area (Å²) in [4.78, 5) is 2.40. The first kappa shape index (κ1) is 15.0. The second-order valence-corrected chi connectivity index (χ2v) is 5.99. The zero-order chi connectivity index (χ0) is 15.4. The Labute approximate surface area is 132 Å². The summed E-state index contributed by atoms with van der Waals surface area (Å²) >= 11 is 0. The molecule has 2 aromatic carbocycles. The molecule has 0 aliphatic carbocycles. The van der Waals surface area contributed by atoms with E-state index in [1.165, 1.54) is 19.5 Å². The molecule has 2 heteroatoms. The van der Waals surface area contributed by atoms with Crippen LogP contribution in [0.2, 0.25) is 0 Å². The van der Waals surface area contributed by atoms with E-state index in [0.29, 0.717) is 0 Å². The SMILES string of the molecule is C=C(CCN1CCC1)C(O)(c1ccccc1)c1ccccc1. The molecular weight excluding hydrogens is 270 g/mol. The van der Waals surface area contributed by atoms with E-state index in [-0.39, 0.29) is 0 Å². The third-order valence-corrected chi connectivity index (χ3v) is 4.57. The highest BCUT2D eigenvalue weighted by Gasteiger charge is 2.34. The number of aliphatic hydroxyl groups is 1. The monoisotopic (exact) mass is 293 g/mol. The molecule has 1 aliphatic heterocycles. The average molecular weight is 293 g/mol. The van der Waals surface area contributed by atoms with Crippen molar-refractivity contribution in [1.82, 2.24) is 4.90 Å². The van der Waals surface area contributed by atoms with E-state index in [2.05, 4.69) is 11.5 Å². The molecule has 1 aliphatic rings. The molecule has 2 nitrogen and oxygen atoms in total. The maximum atomic E-state index is 11.5. The summed E-state index contributed by atoms with van der Waals surface area (Å²) in [6, 6.07) is 19.7. The Balaban J connectivity index is 1.90. The number of rotatable bonds is 6. The van der Waals surface area contributed by atoms with E-state index in [4.69, 9.17) is 0 Å². The number of likely N-dealkylation sites (tertiary alicyclic amines) is 1. The predicted octanol–water partition coefficient (Wildman–Crippen LogP) is 3.57. The molecule has 1 heterocycles. The fourth-order valence-corrected chi connectivity index (χ4v) is 3.01. The molecule has 0 radical (unpaired) electrons. The molecule has 3 rings (SSSR count). The molecule has 0 bridgehead atoms. The van der Waals surface area contributed by atoms with E-state index in [9.17, 15) is 5.11 Å². The number of benzene rings is 2. The van der Waals surface area contributed by atoms with Gasteiger partial charge in [0.1, 0.15) is 5.60 Å². The van der Waals surface area contributed by atoms with Crippen LogP contribution in [0.4, 0.5) is 0 Å². The van der Waals surface area contributed by atoms with Crippen molar-refractivity contribution in [3.63, 3.8) is 0 Å². The van der Waals surface area contributed by atoms with Crippen LogP contribution >= 0.6 is 0 Å².